The Balaban J connectivity index is 2.03. The lowest BCUT2D eigenvalue weighted by molar-refractivity contribution is -0.138. The van der Waals surface area contributed by atoms with E-state index in [0.29, 0.717) is 26.2 Å². The van der Waals surface area contributed by atoms with Gasteiger partial charge in [-0.2, -0.15) is 0 Å². The Labute approximate surface area is 124 Å². The van der Waals surface area contributed by atoms with Crippen molar-refractivity contribution in [3.8, 4) is 0 Å². The van der Waals surface area contributed by atoms with Crippen molar-refractivity contribution in [3.05, 3.63) is 35.9 Å². The Morgan fingerprint density at radius 3 is 2.14 bits per heavy atom. The van der Waals surface area contributed by atoms with Gasteiger partial charge in [0.25, 0.3) is 0 Å². The van der Waals surface area contributed by atoms with Gasteiger partial charge in [-0.05, 0) is 12.5 Å². The average molecular weight is 291 g/mol. The lowest BCUT2D eigenvalue weighted by Crippen LogP contribution is -2.57. The SMILES string of the molecule is COC(=O)N1CCN(C(=O)C(C)(N)c2ccccc2)CC1. The van der Waals surface area contributed by atoms with Gasteiger partial charge in [-0.15, -0.1) is 0 Å². The monoisotopic (exact) mass is 291 g/mol. The van der Waals surface area contributed by atoms with E-state index in [1.54, 1.807) is 16.7 Å². The van der Waals surface area contributed by atoms with Gasteiger partial charge < -0.3 is 20.3 Å². The van der Waals surface area contributed by atoms with Crippen LogP contribution in [0.1, 0.15) is 12.5 Å². The molecule has 1 unspecified atom stereocenters. The summed E-state index contributed by atoms with van der Waals surface area (Å²) in [6, 6.07) is 9.32. The predicted octanol–water partition coefficient (Wildman–Crippen LogP) is 0.771. The van der Waals surface area contributed by atoms with E-state index in [-0.39, 0.29) is 12.0 Å². The number of ether oxygens (including phenoxy) is 1. The Bertz CT molecular complexity index is 508. The second kappa shape index (κ2) is 6.13. The first kappa shape index (κ1) is 15.3. The third kappa shape index (κ3) is 3.16. The first-order valence-corrected chi connectivity index (χ1v) is 6.93. The number of nitrogens with two attached hydrogens (primary N) is 1. The molecule has 0 saturated carbocycles. The Kier molecular flexibility index (Phi) is 4.47. The number of carbonyl (C=O) groups excluding carboxylic acids is 2. The van der Waals surface area contributed by atoms with Crippen LogP contribution in [-0.2, 0) is 15.1 Å². The molecule has 0 aliphatic carbocycles. The average Bonchev–Trinajstić information content (AvgIpc) is 2.54. The zero-order valence-corrected chi connectivity index (χ0v) is 12.4. The van der Waals surface area contributed by atoms with Crippen molar-refractivity contribution in [2.75, 3.05) is 33.3 Å². The molecule has 2 amide bonds. The van der Waals surface area contributed by atoms with Crippen molar-refractivity contribution >= 4 is 12.0 Å². The highest BCUT2D eigenvalue weighted by Crippen LogP contribution is 2.21. The van der Waals surface area contributed by atoms with Crippen LogP contribution in [0.5, 0.6) is 0 Å². The molecule has 6 nitrogen and oxygen atoms in total. The van der Waals surface area contributed by atoms with Crippen molar-refractivity contribution in [2.45, 2.75) is 12.5 Å². The van der Waals surface area contributed by atoms with E-state index < -0.39 is 5.54 Å². The summed E-state index contributed by atoms with van der Waals surface area (Å²) in [5, 5.41) is 0. The zero-order chi connectivity index (χ0) is 15.5. The molecule has 21 heavy (non-hydrogen) atoms. The van der Waals surface area contributed by atoms with Crippen LogP contribution in [0.25, 0.3) is 0 Å². The smallest absolute Gasteiger partial charge is 0.409 e. The number of piperazine rings is 1. The number of carbonyl (C=O) groups is 2. The summed E-state index contributed by atoms with van der Waals surface area (Å²) >= 11 is 0. The molecule has 1 aromatic rings. The van der Waals surface area contributed by atoms with E-state index in [2.05, 4.69) is 4.74 Å². The highest BCUT2D eigenvalue weighted by atomic mass is 16.5. The Hall–Kier alpha value is -2.08. The molecule has 1 aliphatic rings. The van der Waals surface area contributed by atoms with Crippen LogP contribution in [0, 0.1) is 0 Å². The van der Waals surface area contributed by atoms with Gasteiger partial charge in [0.1, 0.15) is 5.54 Å². The molecule has 6 heteroatoms. The molecule has 2 N–H and O–H groups in total. The summed E-state index contributed by atoms with van der Waals surface area (Å²) in [4.78, 5) is 27.4. The molecule has 0 spiro atoms. The molecule has 114 valence electrons. The summed E-state index contributed by atoms with van der Waals surface area (Å²) in [6.07, 6.45) is -0.360. The highest BCUT2D eigenvalue weighted by Gasteiger charge is 2.36. The van der Waals surface area contributed by atoms with Crippen LogP contribution >= 0.6 is 0 Å². The van der Waals surface area contributed by atoms with Gasteiger partial charge in [-0.3, -0.25) is 4.79 Å². The summed E-state index contributed by atoms with van der Waals surface area (Å²) < 4.78 is 4.68. The van der Waals surface area contributed by atoms with E-state index in [0.717, 1.165) is 5.56 Å². The van der Waals surface area contributed by atoms with Gasteiger partial charge >= 0.3 is 6.09 Å². The fourth-order valence-electron chi connectivity index (χ4n) is 2.46. The molecule has 1 aromatic carbocycles. The largest absolute Gasteiger partial charge is 0.453 e. The zero-order valence-electron chi connectivity index (χ0n) is 12.4. The van der Waals surface area contributed by atoms with Gasteiger partial charge in [-0.1, -0.05) is 30.3 Å². The van der Waals surface area contributed by atoms with Gasteiger partial charge in [0.15, 0.2) is 0 Å². The van der Waals surface area contributed by atoms with Gasteiger partial charge in [0.2, 0.25) is 5.91 Å². The van der Waals surface area contributed by atoms with E-state index in [1.165, 1.54) is 7.11 Å². The van der Waals surface area contributed by atoms with Crippen molar-refractivity contribution in [2.24, 2.45) is 5.73 Å². The van der Waals surface area contributed by atoms with Crippen LogP contribution in [0.2, 0.25) is 0 Å². The fraction of sp³-hybridized carbons (Fsp3) is 0.467. The van der Waals surface area contributed by atoms with Crippen LogP contribution in [-0.4, -0.2) is 55.1 Å². The lowest BCUT2D eigenvalue weighted by atomic mass is 9.91. The molecule has 0 bridgehead atoms. The van der Waals surface area contributed by atoms with Crippen LogP contribution < -0.4 is 5.73 Å². The number of amides is 2. The number of rotatable bonds is 2. The molecule has 0 radical (unpaired) electrons. The highest BCUT2D eigenvalue weighted by molar-refractivity contribution is 5.87. The van der Waals surface area contributed by atoms with Crippen LogP contribution in [0.15, 0.2) is 30.3 Å². The second-order valence-corrected chi connectivity index (χ2v) is 5.32. The number of hydrogen-bond donors (Lipinski definition) is 1. The standard InChI is InChI=1S/C15H21N3O3/c1-15(16,12-6-4-3-5-7-12)13(19)17-8-10-18(11-9-17)14(20)21-2/h3-7H,8-11,16H2,1-2H3. The normalized spacial score (nSPS) is 18.0. The minimum atomic E-state index is -1.06. The first-order chi connectivity index (χ1) is 9.96. The van der Waals surface area contributed by atoms with Crippen LogP contribution in [0.3, 0.4) is 0 Å². The minimum absolute atomic E-state index is 0.127. The molecular weight excluding hydrogens is 270 g/mol. The van der Waals surface area contributed by atoms with Crippen molar-refractivity contribution < 1.29 is 14.3 Å². The maximum atomic E-state index is 12.6. The van der Waals surface area contributed by atoms with Gasteiger partial charge in [-0.25, -0.2) is 4.79 Å². The third-order valence-electron chi connectivity index (χ3n) is 3.82. The number of methoxy groups -OCH3 is 1. The lowest BCUT2D eigenvalue weighted by Gasteiger charge is -2.38. The molecule has 1 fully saturated rings. The van der Waals surface area contributed by atoms with E-state index in [1.807, 2.05) is 30.3 Å². The molecule has 1 aliphatic heterocycles. The maximum Gasteiger partial charge on any atom is 0.409 e. The van der Waals surface area contributed by atoms with Crippen LogP contribution in [0.4, 0.5) is 4.79 Å². The Morgan fingerprint density at radius 2 is 1.62 bits per heavy atom. The summed E-state index contributed by atoms with van der Waals surface area (Å²) in [6.45, 7) is 3.57. The number of hydrogen-bond acceptors (Lipinski definition) is 4. The van der Waals surface area contributed by atoms with Crippen molar-refractivity contribution in [3.63, 3.8) is 0 Å². The second-order valence-electron chi connectivity index (χ2n) is 5.32. The van der Waals surface area contributed by atoms with Gasteiger partial charge in [0, 0.05) is 26.2 Å². The molecular formula is C15H21N3O3. The molecule has 1 atom stereocenters. The first-order valence-electron chi connectivity index (χ1n) is 6.93. The minimum Gasteiger partial charge on any atom is -0.453 e. The van der Waals surface area contributed by atoms with Gasteiger partial charge in [0.05, 0.1) is 7.11 Å². The third-order valence-corrected chi connectivity index (χ3v) is 3.82. The quantitative estimate of drug-likeness (QED) is 0.873. The Morgan fingerprint density at radius 1 is 1.10 bits per heavy atom. The summed E-state index contributed by atoms with van der Waals surface area (Å²) in [5.41, 5.74) is 5.96. The topological polar surface area (TPSA) is 75.9 Å². The molecule has 2 rings (SSSR count). The summed E-state index contributed by atoms with van der Waals surface area (Å²) in [7, 11) is 1.35. The van der Waals surface area contributed by atoms with E-state index in [4.69, 9.17) is 5.73 Å². The summed E-state index contributed by atoms with van der Waals surface area (Å²) in [5.74, 6) is -0.127. The van der Waals surface area contributed by atoms with E-state index in [9.17, 15) is 9.59 Å². The van der Waals surface area contributed by atoms with E-state index >= 15 is 0 Å². The molecule has 1 heterocycles. The molecule has 1 saturated heterocycles. The van der Waals surface area contributed by atoms with Crippen molar-refractivity contribution in [1.82, 2.24) is 9.80 Å². The number of benzene rings is 1. The molecule has 0 aromatic heterocycles. The van der Waals surface area contributed by atoms with Crippen molar-refractivity contribution in [1.29, 1.82) is 0 Å². The maximum absolute atomic E-state index is 12.6. The fourth-order valence-corrected chi connectivity index (χ4v) is 2.46. The number of nitrogens with zero attached hydrogens (tertiary/aromatic N) is 2. The predicted molar refractivity (Wildman–Crippen MR) is 78.5 cm³/mol.